The van der Waals surface area contributed by atoms with Crippen molar-refractivity contribution in [1.82, 2.24) is 0 Å². The molecule has 0 unspecified atom stereocenters. The average molecular weight is 376 g/mol. The van der Waals surface area contributed by atoms with Crippen LogP contribution in [0.5, 0.6) is 0 Å². The van der Waals surface area contributed by atoms with Crippen molar-refractivity contribution in [2.24, 2.45) is 0 Å². The number of carbonyl (C=O) groups excluding carboxylic acids is 3. The Bertz CT molecular complexity index is 117. The molecule has 0 bridgehead atoms. The first-order chi connectivity index (χ1) is 5.20. The number of hydrogen-bond donors (Lipinski definition) is 0. The van der Waals surface area contributed by atoms with Gasteiger partial charge < -0.3 is 40.7 Å². The summed E-state index contributed by atoms with van der Waals surface area (Å²) in [6, 6.07) is 0. The molecule has 0 aliphatic heterocycles. The van der Waals surface area contributed by atoms with Crippen LogP contribution >= 0.6 is 0 Å². The molecule has 0 saturated heterocycles. The Hall–Kier alpha value is -0.397. The molecule has 9 heteroatoms. The van der Waals surface area contributed by atoms with Crippen LogP contribution in [-0.2, 0) is 14.4 Å². The van der Waals surface area contributed by atoms with Crippen molar-refractivity contribution in [3.05, 3.63) is 0 Å². The van der Waals surface area contributed by atoms with Crippen LogP contribution in [0.3, 0.4) is 0 Å². The van der Waals surface area contributed by atoms with Gasteiger partial charge in [0.15, 0.2) is 0 Å². The van der Waals surface area contributed by atoms with Gasteiger partial charge in [-0.3, -0.25) is 0 Å². The van der Waals surface area contributed by atoms with Crippen molar-refractivity contribution < 1.29 is 78.8 Å². The standard InChI is InChI=1S/3C2H4O2.Dy.2H2O/c3*1-2(3)4;;;/h3*1H3,(H,3,4);;2*1H2/q;;;+3;;/p-3. The molecule has 0 atom stereocenters. The second kappa shape index (κ2) is 29.2. The molecule has 0 aromatic carbocycles. The third-order valence-corrected chi connectivity index (χ3v) is 0. The number of aliphatic carboxylic acids is 3. The van der Waals surface area contributed by atoms with Crippen molar-refractivity contribution in [3.8, 4) is 0 Å². The fourth-order valence-electron chi connectivity index (χ4n) is 0. The minimum atomic E-state index is -1.08. The molecule has 0 heterocycles. The minimum absolute atomic E-state index is 0. The Balaban J connectivity index is -0.0000000184. The molecule has 4 N–H and O–H groups in total. The average Bonchev–Trinajstić information content (AvgIpc) is 1.54. The van der Waals surface area contributed by atoms with E-state index in [1.807, 2.05) is 0 Å². The topological polar surface area (TPSA) is 183 Å². The van der Waals surface area contributed by atoms with Gasteiger partial charge in [0.25, 0.3) is 0 Å². The van der Waals surface area contributed by atoms with Crippen LogP contribution in [0, 0.1) is 38.2 Å². The number of rotatable bonds is 0. The van der Waals surface area contributed by atoms with Crippen LogP contribution in [0.4, 0.5) is 0 Å². The van der Waals surface area contributed by atoms with Crippen LogP contribution in [-0.4, -0.2) is 28.9 Å². The maximum Gasteiger partial charge on any atom is 3.00 e. The zero-order valence-corrected chi connectivity index (χ0v) is 10.3. The summed E-state index contributed by atoms with van der Waals surface area (Å²) >= 11 is 0. The first-order valence-electron chi connectivity index (χ1n) is 2.72. The van der Waals surface area contributed by atoms with E-state index in [0.29, 0.717) is 0 Å². The molecule has 0 aromatic heterocycles. The second-order valence-corrected chi connectivity index (χ2v) is 1.47. The monoisotopic (exact) mass is 377 g/mol. The van der Waals surface area contributed by atoms with Crippen LogP contribution in [0.1, 0.15) is 20.8 Å². The summed E-state index contributed by atoms with van der Waals surface area (Å²) in [6.07, 6.45) is 0. The van der Waals surface area contributed by atoms with Gasteiger partial charge in [0.2, 0.25) is 0 Å². The van der Waals surface area contributed by atoms with Gasteiger partial charge in [0, 0.05) is 17.9 Å². The SMILES string of the molecule is CC(=O)[O-].CC(=O)[O-].CC(=O)[O-].O.O.[Dy+3]. The Kier molecular flexibility index (Phi) is 71.1. The number of carbonyl (C=O) groups is 3. The maximum atomic E-state index is 8.89. The van der Waals surface area contributed by atoms with E-state index >= 15 is 0 Å². The molecule has 0 fully saturated rings. The van der Waals surface area contributed by atoms with Gasteiger partial charge in [-0.15, -0.1) is 0 Å². The zero-order valence-electron chi connectivity index (χ0n) is 8.27. The predicted molar refractivity (Wildman–Crippen MR) is 39.3 cm³/mol. The summed E-state index contributed by atoms with van der Waals surface area (Å²) in [5.41, 5.74) is 0. The first-order valence-corrected chi connectivity index (χ1v) is 2.72. The van der Waals surface area contributed by atoms with Gasteiger partial charge in [-0.05, 0) is 20.8 Å². The summed E-state index contributed by atoms with van der Waals surface area (Å²) in [5, 5.41) is 26.7. The normalized spacial score (nSPS) is 5.00. The molecule has 0 aliphatic rings. The quantitative estimate of drug-likeness (QED) is 0.406. The van der Waals surface area contributed by atoms with Crippen molar-refractivity contribution >= 4 is 17.9 Å². The summed E-state index contributed by atoms with van der Waals surface area (Å²) in [5.74, 6) is -3.25. The molecule has 8 nitrogen and oxygen atoms in total. The molecule has 0 rings (SSSR count). The van der Waals surface area contributed by atoms with E-state index in [4.69, 9.17) is 29.7 Å². The molecule has 0 spiro atoms. The van der Waals surface area contributed by atoms with Gasteiger partial charge in [0.1, 0.15) is 0 Å². The maximum absolute atomic E-state index is 8.89. The Labute approximate surface area is 117 Å². The van der Waals surface area contributed by atoms with E-state index in [1.165, 1.54) is 0 Å². The molecular weight excluding hydrogens is 363 g/mol. The van der Waals surface area contributed by atoms with Crippen molar-refractivity contribution in [3.63, 3.8) is 0 Å². The molecule has 15 heavy (non-hydrogen) atoms. The van der Waals surface area contributed by atoms with Crippen LogP contribution in [0.2, 0.25) is 0 Å². The van der Waals surface area contributed by atoms with Gasteiger partial charge in [0.05, 0.1) is 0 Å². The largest absolute Gasteiger partial charge is 3.00 e. The molecule has 95 valence electrons. The van der Waals surface area contributed by atoms with E-state index in [0.717, 1.165) is 20.8 Å². The van der Waals surface area contributed by atoms with Crippen molar-refractivity contribution in [2.75, 3.05) is 0 Å². The molecule has 0 aromatic rings. The van der Waals surface area contributed by atoms with Crippen molar-refractivity contribution in [1.29, 1.82) is 0 Å². The minimum Gasteiger partial charge on any atom is -0.550 e. The molecule has 0 saturated carbocycles. The van der Waals surface area contributed by atoms with E-state index in [1.54, 1.807) is 0 Å². The second-order valence-electron chi connectivity index (χ2n) is 1.47. The van der Waals surface area contributed by atoms with E-state index in [9.17, 15) is 0 Å². The van der Waals surface area contributed by atoms with Crippen molar-refractivity contribution in [2.45, 2.75) is 20.8 Å². The zero-order chi connectivity index (χ0) is 10.7. The summed E-state index contributed by atoms with van der Waals surface area (Å²) < 4.78 is 0. The van der Waals surface area contributed by atoms with Crippen LogP contribution < -0.4 is 15.3 Å². The molecular formula is C6H13DyO8. The summed E-state index contributed by atoms with van der Waals surface area (Å²) in [6.45, 7) is 2.92. The number of carboxylic acids is 3. The Morgan fingerprint density at radius 2 is 0.667 bits per heavy atom. The Morgan fingerprint density at radius 3 is 0.667 bits per heavy atom. The first kappa shape index (κ1) is 36.5. The fourth-order valence-corrected chi connectivity index (χ4v) is 0. The third-order valence-electron chi connectivity index (χ3n) is 0. The van der Waals surface area contributed by atoms with Gasteiger partial charge in [-0.1, -0.05) is 0 Å². The van der Waals surface area contributed by atoms with E-state index in [2.05, 4.69) is 0 Å². The van der Waals surface area contributed by atoms with E-state index < -0.39 is 17.9 Å². The Morgan fingerprint density at radius 1 is 0.667 bits per heavy atom. The van der Waals surface area contributed by atoms with Gasteiger partial charge in [-0.2, -0.15) is 0 Å². The number of hydrogen-bond acceptors (Lipinski definition) is 6. The van der Waals surface area contributed by atoms with Gasteiger partial charge >= 0.3 is 38.2 Å². The summed E-state index contributed by atoms with van der Waals surface area (Å²) in [7, 11) is 0. The van der Waals surface area contributed by atoms with E-state index in [-0.39, 0.29) is 49.1 Å². The fraction of sp³-hybridized carbons (Fsp3) is 0.500. The summed E-state index contributed by atoms with van der Waals surface area (Å²) in [4.78, 5) is 26.7. The molecule has 0 aliphatic carbocycles. The van der Waals surface area contributed by atoms with Crippen LogP contribution in [0.25, 0.3) is 0 Å². The van der Waals surface area contributed by atoms with Gasteiger partial charge in [-0.25, -0.2) is 0 Å². The molecule has 1 radical (unpaired) electrons. The third kappa shape index (κ3) is 11600. The number of carboxylic acid groups (broad SMARTS) is 3. The smallest absolute Gasteiger partial charge is 0.550 e. The predicted octanol–water partition coefficient (Wildman–Crippen LogP) is -5.38. The molecule has 0 amide bonds. The van der Waals surface area contributed by atoms with Crippen LogP contribution in [0.15, 0.2) is 0 Å².